The molecule has 0 spiro atoms. The van der Waals surface area contributed by atoms with E-state index in [9.17, 15) is 8.42 Å². The smallest absolute Gasteiger partial charge is 0.242 e. The third-order valence-corrected chi connectivity index (χ3v) is 3.99. The maximum Gasteiger partial charge on any atom is 0.242 e. The lowest BCUT2D eigenvalue weighted by Crippen LogP contribution is -2.25. The summed E-state index contributed by atoms with van der Waals surface area (Å²) >= 11 is 0. The maximum atomic E-state index is 12.0. The van der Waals surface area contributed by atoms with Crippen LogP contribution in [0.3, 0.4) is 0 Å². The fourth-order valence-corrected chi connectivity index (χ4v) is 2.64. The van der Waals surface area contributed by atoms with Gasteiger partial charge in [0.1, 0.15) is 0 Å². The SMILES string of the molecule is CCNCc1cc(S(=O)(=O)NCCCOCC)c[nH]1. The predicted molar refractivity (Wildman–Crippen MR) is 74.5 cm³/mol. The van der Waals surface area contributed by atoms with Gasteiger partial charge in [-0.3, -0.25) is 0 Å². The molecule has 0 fully saturated rings. The van der Waals surface area contributed by atoms with Crippen molar-refractivity contribution in [2.45, 2.75) is 31.7 Å². The van der Waals surface area contributed by atoms with E-state index in [0.29, 0.717) is 32.7 Å². The first-order valence-corrected chi connectivity index (χ1v) is 8.04. The largest absolute Gasteiger partial charge is 0.382 e. The van der Waals surface area contributed by atoms with Crippen LogP contribution in [0.15, 0.2) is 17.2 Å². The maximum absolute atomic E-state index is 12.0. The molecule has 0 saturated carbocycles. The minimum Gasteiger partial charge on any atom is -0.382 e. The third kappa shape index (κ3) is 5.73. The third-order valence-electron chi connectivity index (χ3n) is 2.55. The van der Waals surface area contributed by atoms with Gasteiger partial charge in [-0.1, -0.05) is 6.92 Å². The van der Waals surface area contributed by atoms with Gasteiger partial charge in [0.2, 0.25) is 10.0 Å². The molecule has 0 atom stereocenters. The molecular weight excluding hydrogens is 266 g/mol. The standard InChI is InChI=1S/C12H23N3O3S/c1-3-13-9-11-8-12(10-14-11)19(16,17)15-6-5-7-18-4-2/h8,10,13-15H,3-7,9H2,1-2H3. The van der Waals surface area contributed by atoms with Gasteiger partial charge in [0.25, 0.3) is 0 Å². The van der Waals surface area contributed by atoms with Crippen LogP contribution in [-0.2, 0) is 21.3 Å². The van der Waals surface area contributed by atoms with Crippen LogP contribution in [0.5, 0.6) is 0 Å². The lowest BCUT2D eigenvalue weighted by molar-refractivity contribution is 0.146. The second-order valence-corrected chi connectivity index (χ2v) is 5.86. The van der Waals surface area contributed by atoms with Crippen molar-refractivity contribution in [2.75, 3.05) is 26.3 Å². The Labute approximate surface area is 115 Å². The Morgan fingerprint density at radius 1 is 1.37 bits per heavy atom. The van der Waals surface area contributed by atoms with E-state index in [1.165, 1.54) is 6.20 Å². The lowest BCUT2D eigenvalue weighted by atomic mass is 10.4. The molecular formula is C12H23N3O3S. The first-order chi connectivity index (χ1) is 9.10. The first kappa shape index (κ1) is 16.2. The summed E-state index contributed by atoms with van der Waals surface area (Å²) < 4.78 is 31.6. The molecule has 0 aliphatic carbocycles. The second-order valence-electron chi connectivity index (χ2n) is 4.09. The Hall–Kier alpha value is -0.890. The van der Waals surface area contributed by atoms with E-state index in [4.69, 9.17) is 4.74 Å². The molecule has 0 unspecified atom stereocenters. The minimum absolute atomic E-state index is 0.275. The Morgan fingerprint density at radius 2 is 2.16 bits per heavy atom. The molecule has 1 aromatic heterocycles. The quantitative estimate of drug-likeness (QED) is 0.557. The van der Waals surface area contributed by atoms with Crippen molar-refractivity contribution >= 4 is 10.0 Å². The van der Waals surface area contributed by atoms with E-state index in [1.807, 2.05) is 13.8 Å². The van der Waals surface area contributed by atoms with Crippen LogP contribution < -0.4 is 10.0 Å². The van der Waals surface area contributed by atoms with Crippen LogP contribution >= 0.6 is 0 Å². The molecule has 110 valence electrons. The Kier molecular flexibility index (Phi) is 7.07. The number of ether oxygens (including phenoxy) is 1. The highest BCUT2D eigenvalue weighted by molar-refractivity contribution is 7.89. The molecule has 19 heavy (non-hydrogen) atoms. The number of nitrogens with one attached hydrogen (secondary N) is 3. The van der Waals surface area contributed by atoms with E-state index in [0.717, 1.165) is 12.2 Å². The van der Waals surface area contributed by atoms with Gasteiger partial charge >= 0.3 is 0 Å². The first-order valence-electron chi connectivity index (χ1n) is 6.55. The molecule has 1 rings (SSSR count). The molecule has 1 heterocycles. The Morgan fingerprint density at radius 3 is 2.84 bits per heavy atom. The summed E-state index contributed by atoms with van der Waals surface area (Å²) in [5, 5.41) is 3.13. The monoisotopic (exact) mass is 289 g/mol. The van der Waals surface area contributed by atoms with E-state index >= 15 is 0 Å². The molecule has 7 heteroatoms. The average molecular weight is 289 g/mol. The summed E-state index contributed by atoms with van der Waals surface area (Å²) in [6.45, 7) is 7.00. The molecule has 1 aromatic rings. The van der Waals surface area contributed by atoms with Crippen molar-refractivity contribution in [1.29, 1.82) is 0 Å². The van der Waals surface area contributed by atoms with Crippen LogP contribution in [0.4, 0.5) is 0 Å². The van der Waals surface area contributed by atoms with Crippen molar-refractivity contribution in [2.24, 2.45) is 0 Å². The van der Waals surface area contributed by atoms with Gasteiger partial charge < -0.3 is 15.0 Å². The zero-order chi connectivity index (χ0) is 14.1. The molecule has 0 aromatic carbocycles. The van der Waals surface area contributed by atoms with E-state index in [2.05, 4.69) is 15.0 Å². The number of rotatable bonds is 10. The molecule has 3 N–H and O–H groups in total. The summed E-state index contributed by atoms with van der Waals surface area (Å²) in [6.07, 6.45) is 2.18. The molecule has 0 aliphatic heterocycles. The lowest BCUT2D eigenvalue weighted by Gasteiger charge is -2.04. The molecule has 0 saturated heterocycles. The van der Waals surface area contributed by atoms with Gasteiger partial charge in [-0.25, -0.2) is 13.1 Å². The van der Waals surface area contributed by atoms with Crippen molar-refractivity contribution in [1.82, 2.24) is 15.0 Å². The second kappa shape index (κ2) is 8.31. The normalized spacial score (nSPS) is 11.9. The summed E-state index contributed by atoms with van der Waals surface area (Å²) in [5.74, 6) is 0. The topological polar surface area (TPSA) is 83.2 Å². The van der Waals surface area contributed by atoms with E-state index in [-0.39, 0.29) is 4.90 Å². The Balaban J connectivity index is 2.45. The number of aromatic amines is 1. The molecule has 6 nitrogen and oxygen atoms in total. The van der Waals surface area contributed by atoms with Gasteiger partial charge in [-0.15, -0.1) is 0 Å². The average Bonchev–Trinajstić information content (AvgIpc) is 2.85. The zero-order valence-corrected chi connectivity index (χ0v) is 12.3. The summed E-state index contributed by atoms with van der Waals surface area (Å²) in [7, 11) is -3.42. The summed E-state index contributed by atoms with van der Waals surface area (Å²) in [4.78, 5) is 3.23. The van der Waals surface area contributed by atoms with Gasteiger partial charge in [0, 0.05) is 38.2 Å². The highest BCUT2D eigenvalue weighted by Gasteiger charge is 2.15. The summed E-state index contributed by atoms with van der Waals surface area (Å²) in [5.41, 5.74) is 0.858. The molecule has 0 amide bonds. The fraction of sp³-hybridized carbons (Fsp3) is 0.667. The highest BCUT2D eigenvalue weighted by Crippen LogP contribution is 2.10. The van der Waals surface area contributed by atoms with Crippen LogP contribution in [0.2, 0.25) is 0 Å². The Bertz CT molecular complexity index is 457. The van der Waals surface area contributed by atoms with Gasteiger partial charge in [0.05, 0.1) is 4.90 Å². The fourth-order valence-electron chi connectivity index (χ4n) is 1.54. The van der Waals surface area contributed by atoms with Gasteiger partial charge in [0.15, 0.2) is 0 Å². The zero-order valence-electron chi connectivity index (χ0n) is 11.5. The summed E-state index contributed by atoms with van der Waals surface area (Å²) in [6, 6.07) is 1.65. The minimum atomic E-state index is -3.42. The number of aromatic nitrogens is 1. The van der Waals surface area contributed by atoms with Crippen LogP contribution in [-0.4, -0.2) is 39.7 Å². The molecule has 0 radical (unpaired) electrons. The number of hydrogen-bond donors (Lipinski definition) is 3. The highest BCUT2D eigenvalue weighted by atomic mass is 32.2. The predicted octanol–water partition coefficient (Wildman–Crippen LogP) is 0.829. The van der Waals surface area contributed by atoms with Crippen LogP contribution in [0.25, 0.3) is 0 Å². The van der Waals surface area contributed by atoms with Crippen molar-refractivity contribution in [3.05, 3.63) is 18.0 Å². The van der Waals surface area contributed by atoms with E-state index in [1.54, 1.807) is 6.07 Å². The van der Waals surface area contributed by atoms with Crippen molar-refractivity contribution < 1.29 is 13.2 Å². The number of H-pyrrole nitrogens is 1. The number of hydrogen-bond acceptors (Lipinski definition) is 4. The van der Waals surface area contributed by atoms with E-state index < -0.39 is 10.0 Å². The van der Waals surface area contributed by atoms with Gasteiger partial charge in [-0.05, 0) is 26.0 Å². The molecule has 0 bridgehead atoms. The van der Waals surface area contributed by atoms with Crippen molar-refractivity contribution in [3.63, 3.8) is 0 Å². The van der Waals surface area contributed by atoms with Crippen LogP contribution in [0, 0.1) is 0 Å². The number of sulfonamides is 1. The molecule has 0 aliphatic rings. The van der Waals surface area contributed by atoms with Gasteiger partial charge in [-0.2, -0.15) is 0 Å². The van der Waals surface area contributed by atoms with Crippen molar-refractivity contribution in [3.8, 4) is 0 Å². The van der Waals surface area contributed by atoms with Crippen LogP contribution in [0.1, 0.15) is 26.0 Å².